The van der Waals surface area contributed by atoms with Crippen LogP contribution in [0.5, 0.6) is 0 Å². The lowest BCUT2D eigenvalue weighted by atomic mass is 10.3. The number of nitrogens with zero attached hydrogens (tertiary/aromatic N) is 1. The van der Waals surface area contributed by atoms with E-state index >= 15 is 0 Å². The summed E-state index contributed by atoms with van der Waals surface area (Å²) in [5.74, 6) is 0.720. The van der Waals surface area contributed by atoms with E-state index in [1.807, 2.05) is 32.6 Å². The largest absolute Gasteiger partial charge is 0.447 e. The first-order chi connectivity index (χ1) is 6.50. The van der Waals surface area contributed by atoms with Crippen LogP contribution in [0.4, 0.5) is 4.79 Å². The van der Waals surface area contributed by atoms with Crippen molar-refractivity contribution in [2.24, 2.45) is 5.92 Å². The third kappa shape index (κ3) is 3.56. The number of amides is 1. The molecule has 0 aromatic carbocycles. The SMILES string of the molecule is CC(C)OC(=O)N(CC1CC1)C(C)C. The van der Waals surface area contributed by atoms with E-state index in [0.717, 1.165) is 12.5 Å². The van der Waals surface area contributed by atoms with E-state index in [2.05, 4.69) is 0 Å². The van der Waals surface area contributed by atoms with Crippen molar-refractivity contribution in [2.75, 3.05) is 6.54 Å². The van der Waals surface area contributed by atoms with Gasteiger partial charge in [0.1, 0.15) is 0 Å². The van der Waals surface area contributed by atoms with Gasteiger partial charge in [0, 0.05) is 12.6 Å². The van der Waals surface area contributed by atoms with Gasteiger partial charge in [0.25, 0.3) is 0 Å². The molecule has 0 aliphatic heterocycles. The molecule has 0 radical (unpaired) electrons. The van der Waals surface area contributed by atoms with Crippen LogP contribution in [-0.4, -0.2) is 29.7 Å². The minimum atomic E-state index is -0.165. The Morgan fingerprint density at radius 3 is 2.29 bits per heavy atom. The zero-order valence-electron chi connectivity index (χ0n) is 9.62. The molecule has 1 fully saturated rings. The fourth-order valence-corrected chi connectivity index (χ4v) is 1.34. The number of hydrogen-bond acceptors (Lipinski definition) is 2. The smallest absolute Gasteiger partial charge is 0.410 e. The first-order valence-corrected chi connectivity index (χ1v) is 5.48. The van der Waals surface area contributed by atoms with Gasteiger partial charge in [-0.05, 0) is 46.5 Å². The summed E-state index contributed by atoms with van der Waals surface area (Å²) in [6.07, 6.45) is 2.33. The molecule has 0 N–H and O–H groups in total. The standard InChI is InChI=1S/C11H21NO2/c1-8(2)12(7-10-5-6-10)11(13)14-9(3)4/h8-10H,5-7H2,1-4H3. The van der Waals surface area contributed by atoms with E-state index in [0.29, 0.717) is 0 Å². The maximum atomic E-state index is 11.7. The molecule has 0 aromatic rings. The minimum Gasteiger partial charge on any atom is -0.447 e. The van der Waals surface area contributed by atoms with Crippen LogP contribution < -0.4 is 0 Å². The van der Waals surface area contributed by atoms with Crippen molar-refractivity contribution in [3.8, 4) is 0 Å². The Bertz CT molecular complexity index is 197. The van der Waals surface area contributed by atoms with Crippen molar-refractivity contribution in [3.63, 3.8) is 0 Å². The summed E-state index contributed by atoms with van der Waals surface area (Å²) in [7, 11) is 0. The first-order valence-electron chi connectivity index (χ1n) is 5.48. The highest BCUT2D eigenvalue weighted by Gasteiger charge is 2.29. The second-order valence-corrected chi connectivity index (χ2v) is 4.62. The van der Waals surface area contributed by atoms with E-state index < -0.39 is 0 Å². The highest BCUT2D eigenvalue weighted by molar-refractivity contribution is 5.68. The quantitative estimate of drug-likeness (QED) is 0.696. The Labute approximate surface area is 86.4 Å². The number of carbonyl (C=O) groups excluding carboxylic acids is 1. The molecular formula is C11H21NO2. The summed E-state index contributed by atoms with van der Waals surface area (Å²) in [6.45, 7) is 8.69. The van der Waals surface area contributed by atoms with Crippen molar-refractivity contribution in [1.82, 2.24) is 4.90 Å². The Hall–Kier alpha value is -0.730. The van der Waals surface area contributed by atoms with E-state index in [1.54, 1.807) is 0 Å². The molecule has 0 unspecified atom stereocenters. The molecule has 1 saturated carbocycles. The van der Waals surface area contributed by atoms with Gasteiger partial charge in [-0.2, -0.15) is 0 Å². The predicted octanol–water partition coefficient (Wildman–Crippen LogP) is 2.65. The lowest BCUT2D eigenvalue weighted by Crippen LogP contribution is -2.39. The van der Waals surface area contributed by atoms with Crippen LogP contribution in [0.2, 0.25) is 0 Å². The molecule has 0 spiro atoms. The zero-order valence-corrected chi connectivity index (χ0v) is 9.62. The molecule has 3 heteroatoms. The topological polar surface area (TPSA) is 29.5 Å². The van der Waals surface area contributed by atoms with Crippen LogP contribution in [0.25, 0.3) is 0 Å². The van der Waals surface area contributed by atoms with Crippen LogP contribution in [-0.2, 0) is 4.74 Å². The summed E-state index contributed by atoms with van der Waals surface area (Å²) in [5, 5.41) is 0. The van der Waals surface area contributed by atoms with Gasteiger partial charge in [-0.15, -0.1) is 0 Å². The Kier molecular flexibility index (Phi) is 3.78. The lowest BCUT2D eigenvalue weighted by Gasteiger charge is -2.26. The molecule has 1 aliphatic carbocycles. The molecule has 1 aliphatic rings. The van der Waals surface area contributed by atoms with Gasteiger partial charge in [-0.3, -0.25) is 0 Å². The lowest BCUT2D eigenvalue weighted by molar-refractivity contribution is 0.0662. The van der Waals surface area contributed by atoms with Crippen LogP contribution in [0.15, 0.2) is 0 Å². The van der Waals surface area contributed by atoms with E-state index in [4.69, 9.17) is 4.74 Å². The molecule has 0 bridgehead atoms. The summed E-state index contributed by atoms with van der Waals surface area (Å²) >= 11 is 0. The predicted molar refractivity (Wildman–Crippen MR) is 56.2 cm³/mol. The fraction of sp³-hybridized carbons (Fsp3) is 0.909. The summed E-state index contributed by atoms with van der Waals surface area (Å²) in [5.41, 5.74) is 0. The van der Waals surface area contributed by atoms with E-state index in [9.17, 15) is 4.79 Å². The van der Waals surface area contributed by atoms with Crippen molar-refractivity contribution < 1.29 is 9.53 Å². The van der Waals surface area contributed by atoms with Gasteiger partial charge in [0.2, 0.25) is 0 Å². The zero-order chi connectivity index (χ0) is 10.7. The van der Waals surface area contributed by atoms with Crippen LogP contribution >= 0.6 is 0 Å². The van der Waals surface area contributed by atoms with Gasteiger partial charge in [-0.25, -0.2) is 4.79 Å². The van der Waals surface area contributed by atoms with Crippen LogP contribution in [0, 0.1) is 5.92 Å². The molecule has 0 heterocycles. The summed E-state index contributed by atoms with van der Waals surface area (Å²) < 4.78 is 5.19. The molecule has 0 aromatic heterocycles. The molecule has 1 amide bonds. The van der Waals surface area contributed by atoms with Crippen LogP contribution in [0.3, 0.4) is 0 Å². The minimum absolute atomic E-state index is 0.0250. The first kappa shape index (κ1) is 11.3. The molecule has 0 atom stereocenters. The maximum absolute atomic E-state index is 11.7. The Morgan fingerprint density at radius 2 is 1.93 bits per heavy atom. The van der Waals surface area contributed by atoms with Gasteiger partial charge < -0.3 is 9.64 Å². The second-order valence-electron chi connectivity index (χ2n) is 4.62. The maximum Gasteiger partial charge on any atom is 0.410 e. The average Bonchev–Trinajstić information content (AvgIpc) is 2.80. The number of rotatable bonds is 4. The van der Waals surface area contributed by atoms with Gasteiger partial charge in [0.05, 0.1) is 6.10 Å². The highest BCUT2D eigenvalue weighted by Crippen LogP contribution is 2.30. The second kappa shape index (κ2) is 4.67. The normalized spacial score (nSPS) is 16.1. The molecule has 82 valence electrons. The molecule has 3 nitrogen and oxygen atoms in total. The van der Waals surface area contributed by atoms with Crippen molar-refractivity contribution in [3.05, 3.63) is 0 Å². The van der Waals surface area contributed by atoms with E-state index in [1.165, 1.54) is 12.8 Å². The van der Waals surface area contributed by atoms with E-state index in [-0.39, 0.29) is 18.2 Å². The monoisotopic (exact) mass is 199 g/mol. The van der Waals surface area contributed by atoms with Crippen LogP contribution in [0.1, 0.15) is 40.5 Å². The Morgan fingerprint density at radius 1 is 1.36 bits per heavy atom. The molecule has 14 heavy (non-hydrogen) atoms. The fourth-order valence-electron chi connectivity index (χ4n) is 1.34. The molecular weight excluding hydrogens is 178 g/mol. The highest BCUT2D eigenvalue weighted by atomic mass is 16.6. The van der Waals surface area contributed by atoms with Gasteiger partial charge in [-0.1, -0.05) is 0 Å². The molecule has 1 rings (SSSR count). The molecule has 0 saturated heterocycles. The third-order valence-corrected chi connectivity index (χ3v) is 2.35. The van der Waals surface area contributed by atoms with Crippen molar-refractivity contribution in [1.29, 1.82) is 0 Å². The average molecular weight is 199 g/mol. The number of carbonyl (C=O) groups is 1. The van der Waals surface area contributed by atoms with Gasteiger partial charge in [0.15, 0.2) is 0 Å². The van der Waals surface area contributed by atoms with Crippen molar-refractivity contribution >= 4 is 6.09 Å². The summed E-state index contributed by atoms with van der Waals surface area (Å²) in [4.78, 5) is 13.5. The van der Waals surface area contributed by atoms with Crippen molar-refractivity contribution in [2.45, 2.75) is 52.7 Å². The Balaban J connectivity index is 2.43. The number of hydrogen-bond donors (Lipinski definition) is 0. The third-order valence-electron chi connectivity index (χ3n) is 2.35. The summed E-state index contributed by atoms with van der Waals surface area (Å²) in [6, 6.07) is 0.238. The number of ether oxygens (including phenoxy) is 1. The van der Waals surface area contributed by atoms with Gasteiger partial charge >= 0.3 is 6.09 Å².